The molecule has 0 bridgehead atoms. The molecule has 0 N–H and O–H groups in total. The quantitative estimate of drug-likeness (QED) is 0.740. The number of aryl methyl sites for hydroxylation is 2. The summed E-state index contributed by atoms with van der Waals surface area (Å²) in [6.07, 6.45) is 1.12. The normalized spacial score (nSPS) is 14.2. The Kier molecular flexibility index (Phi) is 6.77. The van der Waals surface area contributed by atoms with Crippen LogP contribution in [0.1, 0.15) is 44.9 Å². The highest BCUT2D eigenvalue weighted by Crippen LogP contribution is 2.25. The van der Waals surface area contributed by atoms with Crippen LogP contribution in [-0.4, -0.2) is 66.5 Å². The van der Waals surface area contributed by atoms with Crippen LogP contribution in [0.4, 0.5) is 5.69 Å². The molecule has 1 aliphatic heterocycles. The fourth-order valence-corrected chi connectivity index (χ4v) is 4.57. The maximum Gasteiger partial charge on any atom is 0.255 e. The molecular formula is C25H36N4O2. The molecule has 0 spiro atoms. The van der Waals surface area contributed by atoms with Gasteiger partial charge in [0.1, 0.15) is 0 Å². The molecule has 6 heteroatoms. The number of carbonyl (C=O) groups is 2. The van der Waals surface area contributed by atoms with Gasteiger partial charge in [0.2, 0.25) is 5.91 Å². The van der Waals surface area contributed by atoms with Gasteiger partial charge in [0.25, 0.3) is 5.91 Å². The topological polar surface area (TPSA) is 48.8 Å². The Morgan fingerprint density at radius 2 is 1.65 bits per heavy atom. The summed E-state index contributed by atoms with van der Waals surface area (Å²) < 4.78 is 2.07. The summed E-state index contributed by atoms with van der Waals surface area (Å²) >= 11 is 0. The second-order valence-electron chi connectivity index (χ2n) is 8.95. The van der Waals surface area contributed by atoms with E-state index in [1.807, 2.05) is 25.8 Å². The van der Waals surface area contributed by atoms with E-state index in [9.17, 15) is 9.59 Å². The van der Waals surface area contributed by atoms with Crippen LogP contribution >= 0.6 is 0 Å². The SMILES string of the molecule is Cc1ccc(C)c(N2CCN(C(=O)CCc3c(C)c(C(=O)N(C)C)c(C)n3C)CC2)c1. The fourth-order valence-electron chi connectivity index (χ4n) is 4.57. The van der Waals surface area contributed by atoms with E-state index < -0.39 is 0 Å². The summed E-state index contributed by atoms with van der Waals surface area (Å²) in [5.74, 6) is 0.213. The Morgan fingerprint density at radius 1 is 1.00 bits per heavy atom. The number of benzene rings is 1. The predicted molar refractivity (Wildman–Crippen MR) is 126 cm³/mol. The first-order valence-corrected chi connectivity index (χ1v) is 11.1. The van der Waals surface area contributed by atoms with Gasteiger partial charge in [0.15, 0.2) is 0 Å². The number of nitrogens with zero attached hydrogens (tertiary/aromatic N) is 4. The third kappa shape index (κ3) is 4.63. The highest BCUT2D eigenvalue weighted by Gasteiger charge is 2.25. The van der Waals surface area contributed by atoms with Crippen molar-refractivity contribution < 1.29 is 9.59 Å². The van der Waals surface area contributed by atoms with E-state index in [0.29, 0.717) is 12.8 Å². The van der Waals surface area contributed by atoms with Crippen molar-refractivity contribution in [1.82, 2.24) is 14.4 Å². The zero-order valence-corrected chi connectivity index (χ0v) is 20.1. The lowest BCUT2D eigenvalue weighted by Crippen LogP contribution is -2.49. The first kappa shape index (κ1) is 22.9. The number of amides is 2. The van der Waals surface area contributed by atoms with Gasteiger partial charge < -0.3 is 19.3 Å². The monoisotopic (exact) mass is 424 g/mol. The van der Waals surface area contributed by atoms with Crippen molar-refractivity contribution in [1.29, 1.82) is 0 Å². The summed E-state index contributed by atoms with van der Waals surface area (Å²) in [6.45, 7) is 11.5. The molecule has 168 valence electrons. The van der Waals surface area contributed by atoms with Crippen LogP contribution in [0.5, 0.6) is 0 Å². The maximum atomic E-state index is 12.9. The molecule has 0 atom stereocenters. The molecule has 3 rings (SSSR count). The lowest BCUT2D eigenvalue weighted by atomic mass is 10.1. The van der Waals surface area contributed by atoms with Gasteiger partial charge in [-0.05, 0) is 56.9 Å². The number of anilines is 1. The van der Waals surface area contributed by atoms with Crippen molar-refractivity contribution in [3.05, 3.63) is 51.8 Å². The molecule has 31 heavy (non-hydrogen) atoms. The van der Waals surface area contributed by atoms with Gasteiger partial charge in [0.05, 0.1) is 5.56 Å². The molecule has 1 fully saturated rings. The van der Waals surface area contributed by atoms with E-state index in [1.54, 1.807) is 19.0 Å². The van der Waals surface area contributed by atoms with Crippen molar-refractivity contribution >= 4 is 17.5 Å². The lowest BCUT2D eigenvalue weighted by molar-refractivity contribution is -0.131. The molecule has 1 saturated heterocycles. The minimum atomic E-state index is 0.0192. The molecule has 2 aromatic rings. The molecule has 0 radical (unpaired) electrons. The molecular weight excluding hydrogens is 388 g/mol. The molecule has 0 aliphatic carbocycles. The highest BCUT2D eigenvalue weighted by molar-refractivity contribution is 5.97. The molecule has 1 aromatic heterocycles. The van der Waals surface area contributed by atoms with Gasteiger partial charge in [-0.2, -0.15) is 0 Å². The second-order valence-corrected chi connectivity index (χ2v) is 8.95. The third-order valence-electron chi connectivity index (χ3n) is 6.61. The van der Waals surface area contributed by atoms with E-state index in [1.165, 1.54) is 16.8 Å². The number of aromatic nitrogens is 1. The Labute approximate surface area is 186 Å². The van der Waals surface area contributed by atoms with Gasteiger partial charge in [-0.25, -0.2) is 0 Å². The Morgan fingerprint density at radius 3 is 2.26 bits per heavy atom. The minimum absolute atomic E-state index is 0.0192. The Hall–Kier alpha value is -2.76. The standard InChI is InChI=1S/C25H36N4O2/c1-17-8-9-18(2)22(16-17)28-12-14-29(15-13-28)23(30)11-10-21-19(3)24(20(4)27(21)7)25(31)26(5)6/h8-9,16H,10-15H2,1-7H3. The number of rotatable bonds is 5. The number of carbonyl (C=O) groups excluding carboxylic acids is 2. The van der Waals surface area contributed by atoms with Gasteiger partial charge in [0, 0.05) is 70.8 Å². The first-order valence-electron chi connectivity index (χ1n) is 11.1. The van der Waals surface area contributed by atoms with Crippen LogP contribution in [0.3, 0.4) is 0 Å². The zero-order valence-electron chi connectivity index (χ0n) is 20.1. The van der Waals surface area contributed by atoms with E-state index in [-0.39, 0.29) is 11.8 Å². The Balaban J connectivity index is 1.62. The number of hydrogen-bond donors (Lipinski definition) is 0. The van der Waals surface area contributed by atoms with Crippen molar-refractivity contribution in [2.45, 2.75) is 40.5 Å². The van der Waals surface area contributed by atoms with Crippen molar-refractivity contribution in [3.8, 4) is 0 Å². The largest absolute Gasteiger partial charge is 0.368 e. The van der Waals surface area contributed by atoms with Crippen LogP contribution in [0, 0.1) is 27.7 Å². The molecule has 0 unspecified atom stereocenters. The fraction of sp³-hybridized carbons (Fsp3) is 0.520. The molecule has 6 nitrogen and oxygen atoms in total. The van der Waals surface area contributed by atoms with Crippen molar-refractivity contribution in [2.24, 2.45) is 7.05 Å². The Bertz CT molecular complexity index is 982. The average Bonchev–Trinajstić information content (AvgIpc) is 2.95. The summed E-state index contributed by atoms with van der Waals surface area (Å²) in [4.78, 5) is 31.5. The highest BCUT2D eigenvalue weighted by atomic mass is 16.2. The minimum Gasteiger partial charge on any atom is -0.368 e. The number of piperazine rings is 1. The van der Waals surface area contributed by atoms with Crippen molar-refractivity contribution in [2.75, 3.05) is 45.2 Å². The molecule has 2 amide bonds. The van der Waals surface area contributed by atoms with E-state index in [4.69, 9.17) is 0 Å². The summed E-state index contributed by atoms with van der Waals surface area (Å²) in [6, 6.07) is 6.55. The van der Waals surface area contributed by atoms with E-state index >= 15 is 0 Å². The van der Waals surface area contributed by atoms with Gasteiger partial charge in [-0.3, -0.25) is 9.59 Å². The van der Waals surface area contributed by atoms with Crippen LogP contribution < -0.4 is 4.90 Å². The van der Waals surface area contributed by atoms with Crippen LogP contribution in [0.2, 0.25) is 0 Å². The summed E-state index contributed by atoms with van der Waals surface area (Å²) in [7, 11) is 5.53. The van der Waals surface area contributed by atoms with Gasteiger partial charge >= 0.3 is 0 Å². The summed E-state index contributed by atoms with van der Waals surface area (Å²) in [5, 5.41) is 0. The summed E-state index contributed by atoms with van der Waals surface area (Å²) in [5.41, 5.74) is 7.61. The van der Waals surface area contributed by atoms with E-state index in [2.05, 4.69) is 41.5 Å². The van der Waals surface area contributed by atoms with Gasteiger partial charge in [-0.15, -0.1) is 0 Å². The number of hydrogen-bond acceptors (Lipinski definition) is 3. The molecule has 2 heterocycles. The lowest BCUT2D eigenvalue weighted by Gasteiger charge is -2.37. The second kappa shape index (κ2) is 9.16. The molecule has 1 aromatic carbocycles. The maximum absolute atomic E-state index is 12.9. The van der Waals surface area contributed by atoms with Crippen molar-refractivity contribution in [3.63, 3.8) is 0 Å². The van der Waals surface area contributed by atoms with Crippen LogP contribution in [-0.2, 0) is 18.3 Å². The van der Waals surface area contributed by atoms with Crippen LogP contribution in [0.15, 0.2) is 18.2 Å². The first-order chi connectivity index (χ1) is 14.6. The molecule has 0 saturated carbocycles. The zero-order chi connectivity index (χ0) is 22.9. The predicted octanol–water partition coefficient (Wildman–Crippen LogP) is 3.24. The van der Waals surface area contributed by atoms with Crippen LogP contribution in [0.25, 0.3) is 0 Å². The van der Waals surface area contributed by atoms with Gasteiger partial charge in [-0.1, -0.05) is 12.1 Å². The average molecular weight is 425 g/mol. The molecule has 1 aliphatic rings. The smallest absolute Gasteiger partial charge is 0.255 e. The third-order valence-corrected chi connectivity index (χ3v) is 6.61. The van der Waals surface area contributed by atoms with E-state index in [0.717, 1.165) is 48.7 Å².